The Hall–Kier alpha value is -1.39. The van der Waals surface area contributed by atoms with E-state index < -0.39 is 0 Å². The van der Waals surface area contributed by atoms with Crippen LogP contribution in [0.25, 0.3) is 0 Å². The van der Waals surface area contributed by atoms with Crippen molar-refractivity contribution < 1.29 is 0 Å². The molecule has 2 heterocycles. The third-order valence-corrected chi connectivity index (χ3v) is 4.98. The summed E-state index contributed by atoms with van der Waals surface area (Å²) in [7, 11) is 2.23. The number of rotatable bonds is 5. The molecule has 0 atom stereocenters. The Morgan fingerprint density at radius 2 is 1.87 bits per heavy atom. The van der Waals surface area contributed by atoms with Gasteiger partial charge in [0, 0.05) is 36.8 Å². The van der Waals surface area contributed by atoms with Gasteiger partial charge >= 0.3 is 0 Å². The smallest absolute Gasteiger partial charge is 0.128 e. The van der Waals surface area contributed by atoms with Gasteiger partial charge in [-0.1, -0.05) is 30.3 Å². The first-order valence-electron chi connectivity index (χ1n) is 8.29. The second kappa shape index (κ2) is 7.93. The number of hydrogen-bond donors (Lipinski definition) is 0. The van der Waals surface area contributed by atoms with Crippen molar-refractivity contribution in [3.8, 4) is 0 Å². The van der Waals surface area contributed by atoms with Crippen molar-refractivity contribution in [1.29, 1.82) is 0 Å². The molecule has 3 nitrogen and oxygen atoms in total. The van der Waals surface area contributed by atoms with Crippen molar-refractivity contribution in [2.24, 2.45) is 5.92 Å². The van der Waals surface area contributed by atoms with Crippen LogP contribution in [-0.2, 0) is 6.54 Å². The molecule has 0 amide bonds. The Kier molecular flexibility index (Phi) is 5.68. The number of anilines is 1. The zero-order valence-corrected chi connectivity index (χ0v) is 15.2. The van der Waals surface area contributed by atoms with Crippen LogP contribution in [0.5, 0.6) is 0 Å². The first-order valence-corrected chi connectivity index (χ1v) is 9.09. The van der Waals surface area contributed by atoms with E-state index in [1.54, 1.807) is 0 Å². The molecule has 0 bridgehead atoms. The van der Waals surface area contributed by atoms with Gasteiger partial charge in [-0.3, -0.25) is 0 Å². The van der Waals surface area contributed by atoms with Crippen LogP contribution in [0.3, 0.4) is 0 Å². The Bertz CT molecular complexity index is 592. The maximum atomic E-state index is 4.51. The van der Waals surface area contributed by atoms with E-state index in [0.717, 1.165) is 35.8 Å². The summed E-state index contributed by atoms with van der Waals surface area (Å²) in [5.74, 6) is 1.89. The summed E-state index contributed by atoms with van der Waals surface area (Å²) >= 11 is 3.45. The van der Waals surface area contributed by atoms with Crippen LogP contribution >= 0.6 is 15.9 Å². The normalized spacial score (nSPS) is 16.0. The van der Waals surface area contributed by atoms with Gasteiger partial charge in [0.2, 0.25) is 0 Å². The molecule has 1 aromatic heterocycles. The number of halogens is 1. The summed E-state index contributed by atoms with van der Waals surface area (Å²) < 4.78 is 1.04. The van der Waals surface area contributed by atoms with Crippen LogP contribution in [-0.4, -0.2) is 36.6 Å². The minimum absolute atomic E-state index is 0.787. The topological polar surface area (TPSA) is 19.4 Å². The number of benzene rings is 1. The van der Waals surface area contributed by atoms with Gasteiger partial charge in [-0.2, -0.15) is 0 Å². The maximum Gasteiger partial charge on any atom is 0.128 e. The van der Waals surface area contributed by atoms with E-state index in [1.807, 2.05) is 6.20 Å². The average molecular weight is 374 g/mol. The summed E-state index contributed by atoms with van der Waals surface area (Å²) in [5, 5.41) is 0. The number of pyridine rings is 1. The van der Waals surface area contributed by atoms with E-state index in [0.29, 0.717) is 0 Å². The lowest BCUT2D eigenvalue weighted by molar-refractivity contribution is 0.242. The van der Waals surface area contributed by atoms with Gasteiger partial charge in [0.15, 0.2) is 0 Å². The molecule has 1 saturated heterocycles. The second-order valence-electron chi connectivity index (χ2n) is 6.45. The standard InChI is InChI=1S/C19H24BrN3/c1-22(14-16-5-3-2-4-6-16)15-17-9-11-23(12-10-17)19-8-7-18(20)13-21-19/h2-8,13,17H,9-12,14-15H2,1H3. The third-order valence-electron chi connectivity index (χ3n) is 4.52. The minimum atomic E-state index is 0.787. The lowest BCUT2D eigenvalue weighted by Gasteiger charge is -2.34. The van der Waals surface area contributed by atoms with Crippen LogP contribution in [0.15, 0.2) is 53.1 Å². The van der Waals surface area contributed by atoms with Gasteiger partial charge in [-0.25, -0.2) is 4.98 Å². The van der Waals surface area contributed by atoms with Crippen molar-refractivity contribution in [3.63, 3.8) is 0 Å². The van der Waals surface area contributed by atoms with Gasteiger partial charge in [-0.05, 0) is 59.4 Å². The summed E-state index contributed by atoms with van der Waals surface area (Å²) in [4.78, 5) is 9.37. The fourth-order valence-corrected chi connectivity index (χ4v) is 3.53. The van der Waals surface area contributed by atoms with E-state index >= 15 is 0 Å². The van der Waals surface area contributed by atoms with Crippen molar-refractivity contribution >= 4 is 21.7 Å². The Labute approximate surface area is 147 Å². The molecule has 0 saturated carbocycles. The van der Waals surface area contributed by atoms with Crippen molar-refractivity contribution in [2.75, 3.05) is 31.6 Å². The zero-order valence-electron chi connectivity index (χ0n) is 13.7. The fourth-order valence-electron chi connectivity index (χ4n) is 3.30. The molecular formula is C19H24BrN3. The van der Waals surface area contributed by atoms with E-state index in [1.165, 1.54) is 24.9 Å². The van der Waals surface area contributed by atoms with Crippen LogP contribution in [0.2, 0.25) is 0 Å². The molecule has 122 valence electrons. The minimum Gasteiger partial charge on any atom is -0.357 e. The highest BCUT2D eigenvalue weighted by Crippen LogP contribution is 2.23. The molecule has 4 heteroatoms. The molecular weight excluding hydrogens is 350 g/mol. The fraction of sp³-hybridized carbons (Fsp3) is 0.421. The molecule has 2 aromatic rings. The van der Waals surface area contributed by atoms with Crippen LogP contribution in [0, 0.1) is 5.92 Å². The van der Waals surface area contributed by atoms with Gasteiger partial charge in [0.25, 0.3) is 0 Å². The van der Waals surface area contributed by atoms with E-state index in [2.05, 4.69) is 80.2 Å². The van der Waals surface area contributed by atoms with E-state index in [9.17, 15) is 0 Å². The van der Waals surface area contributed by atoms with Gasteiger partial charge in [0.05, 0.1) is 0 Å². The predicted octanol–water partition coefficient (Wildman–Crippen LogP) is 4.19. The molecule has 3 rings (SSSR count). The number of aromatic nitrogens is 1. The highest BCUT2D eigenvalue weighted by Gasteiger charge is 2.21. The molecule has 0 N–H and O–H groups in total. The monoisotopic (exact) mass is 373 g/mol. The maximum absolute atomic E-state index is 4.51. The predicted molar refractivity (Wildman–Crippen MR) is 99.7 cm³/mol. The summed E-state index contributed by atoms with van der Waals surface area (Å²) in [6, 6.07) is 14.9. The quantitative estimate of drug-likeness (QED) is 0.782. The van der Waals surface area contributed by atoms with Crippen LogP contribution in [0.1, 0.15) is 18.4 Å². The second-order valence-corrected chi connectivity index (χ2v) is 7.36. The number of piperidine rings is 1. The van der Waals surface area contributed by atoms with Gasteiger partial charge in [-0.15, -0.1) is 0 Å². The molecule has 0 aliphatic carbocycles. The highest BCUT2D eigenvalue weighted by atomic mass is 79.9. The zero-order chi connectivity index (χ0) is 16.1. The van der Waals surface area contributed by atoms with Crippen molar-refractivity contribution in [3.05, 3.63) is 58.7 Å². The summed E-state index contributed by atoms with van der Waals surface area (Å²) in [5.41, 5.74) is 1.39. The Balaban J connectivity index is 1.46. The Morgan fingerprint density at radius 3 is 2.52 bits per heavy atom. The lowest BCUT2D eigenvalue weighted by atomic mass is 9.96. The first-order chi connectivity index (χ1) is 11.2. The molecule has 23 heavy (non-hydrogen) atoms. The largest absolute Gasteiger partial charge is 0.357 e. The highest BCUT2D eigenvalue weighted by molar-refractivity contribution is 9.10. The third kappa shape index (κ3) is 4.79. The number of nitrogens with zero attached hydrogens (tertiary/aromatic N) is 3. The van der Waals surface area contributed by atoms with Crippen molar-refractivity contribution in [1.82, 2.24) is 9.88 Å². The molecule has 0 radical (unpaired) electrons. The Morgan fingerprint density at radius 1 is 1.13 bits per heavy atom. The van der Waals surface area contributed by atoms with E-state index in [4.69, 9.17) is 0 Å². The molecule has 1 fully saturated rings. The lowest BCUT2D eigenvalue weighted by Crippen LogP contribution is -2.38. The molecule has 1 aliphatic rings. The number of hydrogen-bond acceptors (Lipinski definition) is 3. The summed E-state index contributed by atoms with van der Waals surface area (Å²) in [6.07, 6.45) is 4.38. The van der Waals surface area contributed by atoms with Crippen molar-refractivity contribution in [2.45, 2.75) is 19.4 Å². The van der Waals surface area contributed by atoms with Crippen LogP contribution in [0.4, 0.5) is 5.82 Å². The van der Waals surface area contributed by atoms with Gasteiger partial charge < -0.3 is 9.80 Å². The molecule has 1 aliphatic heterocycles. The van der Waals surface area contributed by atoms with E-state index in [-0.39, 0.29) is 0 Å². The summed E-state index contributed by atoms with van der Waals surface area (Å²) in [6.45, 7) is 4.43. The molecule has 1 aromatic carbocycles. The first kappa shape index (κ1) is 16.5. The molecule has 0 unspecified atom stereocenters. The SMILES string of the molecule is CN(Cc1ccccc1)CC1CCN(c2ccc(Br)cn2)CC1. The average Bonchev–Trinajstić information content (AvgIpc) is 2.57. The molecule has 0 spiro atoms. The van der Waals surface area contributed by atoms with Gasteiger partial charge in [0.1, 0.15) is 5.82 Å². The van der Waals surface area contributed by atoms with Crippen LogP contribution < -0.4 is 4.90 Å².